The van der Waals surface area contributed by atoms with Crippen LogP contribution in [0.15, 0.2) is 42.5 Å². The molecular weight excluding hydrogens is 287 g/mol. The van der Waals surface area contributed by atoms with E-state index in [2.05, 4.69) is 4.74 Å². The summed E-state index contributed by atoms with van der Waals surface area (Å²) in [5.41, 5.74) is 5.99. The Labute approximate surface area is 118 Å². The summed E-state index contributed by atoms with van der Waals surface area (Å²) in [7, 11) is 1.47. The zero-order chi connectivity index (χ0) is 15.5. The number of hydrogen-bond donors (Lipinski definition) is 1. The number of anilines is 1. The lowest BCUT2D eigenvalue weighted by molar-refractivity contribution is -0.275. The molecule has 2 rings (SSSR count). The first-order chi connectivity index (χ1) is 9.89. The number of alkyl halides is 3. The van der Waals surface area contributed by atoms with E-state index in [0.29, 0.717) is 5.75 Å². The van der Waals surface area contributed by atoms with Crippen molar-refractivity contribution in [2.24, 2.45) is 0 Å². The molecule has 0 heterocycles. The third-order valence-corrected chi connectivity index (χ3v) is 2.51. The molecule has 112 valence electrons. The number of halogens is 3. The van der Waals surface area contributed by atoms with E-state index in [1.54, 1.807) is 6.07 Å². The van der Waals surface area contributed by atoms with Gasteiger partial charge in [0, 0.05) is 6.07 Å². The summed E-state index contributed by atoms with van der Waals surface area (Å²) < 4.78 is 51.2. The molecule has 21 heavy (non-hydrogen) atoms. The van der Waals surface area contributed by atoms with E-state index in [1.807, 2.05) is 0 Å². The van der Waals surface area contributed by atoms with E-state index in [-0.39, 0.29) is 17.2 Å². The molecule has 0 aromatic heterocycles. The van der Waals surface area contributed by atoms with Crippen LogP contribution in [0.25, 0.3) is 0 Å². The fraction of sp³-hybridized carbons (Fsp3) is 0.143. The molecule has 0 aliphatic heterocycles. The number of hydrogen-bond acceptors (Lipinski definition) is 4. The Hall–Kier alpha value is -2.57. The molecule has 0 radical (unpaired) electrons. The van der Waals surface area contributed by atoms with E-state index in [9.17, 15) is 13.2 Å². The first-order valence-corrected chi connectivity index (χ1v) is 5.85. The van der Waals surface area contributed by atoms with Gasteiger partial charge in [-0.15, -0.1) is 13.2 Å². The molecule has 0 atom stereocenters. The molecule has 7 heteroatoms. The van der Waals surface area contributed by atoms with E-state index < -0.39 is 12.1 Å². The van der Waals surface area contributed by atoms with Crippen molar-refractivity contribution in [2.75, 3.05) is 12.8 Å². The van der Waals surface area contributed by atoms with Crippen molar-refractivity contribution >= 4 is 5.69 Å². The van der Waals surface area contributed by atoms with Gasteiger partial charge >= 0.3 is 6.36 Å². The second-order valence-corrected chi connectivity index (χ2v) is 4.00. The van der Waals surface area contributed by atoms with Crippen molar-refractivity contribution in [3.05, 3.63) is 42.5 Å². The van der Waals surface area contributed by atoms with Crippen LogP contribution >= 0.6 is 0 Å². The number of para-hydroxylation sites is 2. The minimum absolute atomic E-state index is 0.0910. The SMILES string of the molecule is COc1ccc(Oc2ccccc2OC(F)(F)F)c(N)c1. The number of rotatable bonds is 4. The highest BCUT2D eigenvalue weighted by Gasteiger charge is 2.32. The molecule has 0 spiro atoms. The summed E-state index contributed by atoms with van der Waals surface area (Å²) in [4.78, 5) is 0. The maximum Gasteiger partial charge on any atom is 0.573 e. The molecule has 2 N–H and O–H groups in total. The smallest absolute Gasteiger partial charge is 0.497 e. The molecule has 2 aromatic carbocycles. The Bertz CT molecular complexity index is 629. The van der Waals surface area contributed by atoms with Crippen LogP contribution in [0.5, 0.6) is 23.0 Å². The molecular formula is C14H12F3NO3. The van der Waals surface area contributed by atoms with Gasteiger partial charge in [0.2, 0.25) is 0 Å². The summed E-state index contributed by atoms with van der Waals surface area (Å²) in [6.45, 7) is 0. The van der Waals surface area contributed by atoms with Gasteiger partial charge in [0.05, 0.1) is 12.8 Å². The Kier molecular flexibility index (Phi) is 4.11. The highest BCUT2D eigenvalue weighted by Crippen LogP contribution is 2.37. The zero-order valence-electron chi connectivity index (χ0n) is 11.0. The fourth-order valence-electron chi connectivity index (χ4n) is 1.61. The maximum absolute atomic E-state index is 12.3. The van der Waals surface area contributed by atoms with Crippen molar-refractivity contribution in [3.8, 4) is 23.0 Å². The minimum Gasteiger partial charge on any atom is -0.497 e. The first-order valence-electron chi connectivity index (χ1n) is 5.85. The van der Waals surface area contributed by atoms with Crippen LogP contribution in [-0.4, -0.2) is 13.5 Å². The molecule has 2 aromatic rings. The van der Waals surface area contributed by atoms with Gasteiger partial charge in [-0.2, -0.15) is 0 Å². The van der Waals surface area contributed by atoms with Gasteiger partial charge in [-0.25, -0.2) is 0 Å². The molecule has 0 amide bonds. The molecule has 0 saturated heterocycles. The quantitative estimate of drug-likeness (QED) is 0.868. The fourth-order valence-corrected chi connectivity index (χ4v) is 1.61. The number of nitrogens with two attached hydrogens (primary N) is 1. The Morgan fingerprint density at radius 1 is 0.952 bits per heavy atom. The van der Waals surface area contributed by atoms with Gasteiger partial charge in [-0.3, -0.25) is 0 Å². The summed E-state index contributed by atoms with van der Waals surface area (Å²) in [5.74, 6) is 0.181. The van der Waals surface area contributed by atoms with Crippen LogP contribution in [0.4, 0.5) is 18.9 Å². The standard InChI is InChI=1S/C14H12F3NO3/c1-19-9-6-7-11(10(18)8-9)20-12-4-2-3-5-13(12)21-14(15,16)17/h2-8H,18H2,1H3. The average Bonchev–Trinajstić information content (AvgIpc) is 2.41. The Morgan fingerprint density at radius 2 is 1.62 bits per heavy atom. The van der Waals surface area contributed by atoms with E-state index in [4.69, 9.17) is 15.2 Å². The monoisotopic (exact) mass is 299 g/mol. The van der Waals surface area contributed by atoms with Gasteiger partial charge in [-0.1, -0.05) is 12.1 Å². The summed E-state index contributed by atoms with van der Waals surface area (Å²) >= 11 is 0. The largest absolute Gasteiger partial charge is 0.573 e. The van der Waals surface area contributed by atoms with E-state index >= 15 is 0 Å². The Balaban J connectivity index is 2.27. The number of nitrogen functional groups attached to an aromatic ring is 1. The number of benzene rings is 2. The van der Waals surface area contributed by atoms with Crippen LogP contribution in [0.1, 0.15) is 0 Å². The van der Waals surface area contributed by atoms with Crippen LogP contribution < -0.4 is 19.9 Å². The third-order valence-electron chi connectivity index (χ3n) is 2.51. The molecule has 0 saturated carbocycles. The molecule has 0 aliphatic rings. The van der Waals surface area contributed by atoms with Crippen molar-refractivity contribution in [2.45, 2.75) is 6.36 Å². The van der Waals surface area contributed by atoms with Crippen molar-refractivity contribution in [1.82, 2.24) is 0 Å². The minimum atomic E-state index is -4.80. The predicted octanol–water partition coefficient (Wildman–Crippen LogP) is 3.97. The molecule has 0 aliphatic carbocycles. The lowest BCUT2D eigenvalue weighted by Gasteiger charge is -2.14. The topological polar surface area (TPSA) is 53.7 Å². The van der Waals surface area contributed by atoms with Crippen LogP contribution in [-0.2, 0) is 0 Å². The Morgan fingerprint density at radius 3 is 2.19 bits per heavy atom. The number of methoxy groups -OCH3 is 1. The van der Waals surface area contributed by atoms with Gasteiger partial charge in [0.1, 0.15) is 5.75 Å². The second-order valence-electron chi connectivity index (χ2n) is 4.00. The molecule has 0 unspecified atom stereocenters. The predicted molar refractivity (Wildman–Crippen MR) is 70.6 cm³/mol. The third kappa shape index (κ3) is 3.95. The summed E-state index contributed by atoms with van der Waals surface area (Å²) in [6, 6.07) is 10.0. The zero-order valence-corrected chi connectivity index (χ0v) is 11.0. The second kappa shape index (κ2) is 5.82. The van der Waals surface area contributed by atoms with Crippen LogP contribution in [0, 0.1) is 0 Å². The van der Waals surface area contributed by atoms with Gasteiger partial charge in [0.25, 0.3) is 0 Å². The highest BCUT2D eigenvalue weighted by atomic mass is 19.4. The van der Waals surface area contributed by atoms with Crippen molar-refractivity contribution < 1.29 is 27.4 Å². The lowest BCUT2D eigenvalue weighted by Crippen LogP contribution is -2.17. The summed E-state index contributed by atoms with van der Waals surface area (Å²) in [6.07, 6.45) is -4.80. The van der Waals surface area contributed by atoms with Crippen LogP contribution in [0.3, 0.4) is 0 Å². The van der Waals surface area contributed by atoms with E-state index in [1.165, 1.54) is 37.4 Å². The molecule has 0 fully saturated rings. The van der Waals surface area contributed by atoms with Crippen LogP contribution in [0.2, 0.25) is 0 Å². The highest BCUT2D eigenvalue weighted by molar-refractivity contribution is 5.58. The van der Waals surface area contributed by atoms with Gasteiger partial charge in [-0.05, 0) is 24.3 Å². The molecule has 4 nitrogen and oxygen atoms in total. The normalized spacial score (nSPS) is 11.0. The lowest BCUT2D eigenvalue weighted by atomic mass is 10.2. The maximum atomic E-state index is 12.3. The van der Waals surface area contributed by atoms with Gasteiger partial charge < -0.3 is 19.9 Å². The molecule has 0 bridgehead atoms. The van der Waals surface area contributed by atoms with E-state index in [0.717, 1.165) is 6.07 Å². The first kappa shape index (κ1) is 14.8. The van der Waals surface area contributed by atoms with Gasteiger partial charge in [0.15, 0.2) is 17.2 Å². The number of ether oxygens (including phenoxy) is 3. The van der Waals surface area contributed by atoms with Crippen molar-refractivity contribution in [3.63, 3.8) is 0 Å². The summed E-state index contributed by atoms with van der Waals surface area (Å²) in [5, 5.41) is 0. The van der Waals surface area contributed by atoms with Crippen molar-refractivity contribution in [1.29, 1.82) is 0 Å². The average molecular weight is 299 g/mol.